The molecule has 0 amide bonds. The SMILES string of the molecule is CCC(I)CC(=O)S. The van der Waals surface area contributed by atoms with E-state index < -0.39 is 0 Å². The number of thiol groups is 1. The minimum absolute atomic E-state index is 0.00810. The van der Waals surface area contributed by atoms with E-state index in [4.69, 9.17) is 0 Å². The van der Waals surface area contributed by atoms with E-state index in [2.05, 4.69) is 42.1 Å². The van der Waals surface area contributed by atoms with Crippen LogP contribution in [-0.4, -0.2) is 9.04 Å². The molecular weight excluding hydrogens is 235 g/mol. The van der Waals surface area contributed by atoms with Gasteiger partial charge in [0.25, 0.3) is 0 Å². The summed E-state index contributed by atoms with van der Waals surface area (Å²) in [5, 5.41) is -0.00810. The van der Waals surface area contributed by atoms with Gasteiger partial charge < -0.3 is 0 Å². The number of rotatable bonds is 3. The van der Waals surface area contributed by atoms with Crippen LogP contribution in [0.1, 0.15) is 19.8 Å². The van der Waals surface area contributed by atoms with Gasteiger partial charge in [0.15, 0.2) is 5.12 Å². The molecule has 0 rings (SSSR count). The number of hydrogen-bond acceptors (Lipinski definition) is 1. The second-order valence-electron chi connectivity index (χ2n) is 1.60. The van der Waals surface area contributed by atoms with Crippen LogP contribution in [0.2, 0.25) is 0 Å². The molecule has 0 heterocycles. The smallest absolute Gasteiger partial charge is 0.186 e. The van der Waals surface area contributed by atoms with Crippen LogP contribution >= 0.6 is 35.2 Å². The average Bonchev–Trinajstić information content (AvgIpc) is 1.65. The summed E-state index contributed by atoms with van der Waals surface area (Å²) in [6, 6.07) is 0. The topological polar surface area (TPSA) is 17.1 Å². The quantitative estimate of drug-likeness (QED) is 0.456. The predicted octanol–water partition coefficient (Wildman–Crippen LogP) is 2.05. The summed E-state index contributed by atoms with van der Waals surface area (Å²) < 4.78 is 0.470. The van der Waals surface area contributed by atoms with E-state index in [9.17, 15) is 4.79 Å². The van der Waals surface area contributed by atoms with Gasteiger partial charge >= 0.3 is 0 Å². The standard InChI is InChI=1S/C5H9IOS/c1-2-4(6)3-5(7)8/h4H,2-3H2,1H3,(H,7,8). The van der Waals surface area contributed by atoms with Crippen molar-refractivity contribution in [2.45, 2.75) is 23.7 Å². The highest BCUT2D eigenvalue weighted by Crippen LogP contribution is 2.10. The maximum atomic E-state index is 10.3. The van der Waals surface area contributed by atoms with Crippen LogP contribution in [0.3, 0.4) is 0 Å². The summed E-state index contributed by atoms with van der Waals surface area (Å²) in [5.74, 6) is 0. The number of carbonyl (C=O) groups is 1. The molecule has 0 N–H and O–H groups in total. The fourth-order valence-electron chi connectivity index (χ4n) is 0.334. The lowest BCUT2D eigenvalue weighted by Gasteiger charge is -1.99. The van der Waals surface area contributed by atoms with Crippen LogP contribution in [0, 0.1) is 0 Å². The van der Waals surface area contributed by atoms with Crippen molar-refractivity contribution in [3.8, 4) is 0 Å². The van der Waals surface area contributed by atoms with Gasteiger partial charge in [0.05, 0.1) is 0 Å². The highest BCUT2D eigenvalue weighted by atomic mass is 127. The van der Waals surface area contributed by atoms with E-state index in [1.165, 1.54) is 0 Å². The minimum atomic E-state index is -0.00810. The van der Waals surface area contributed by atoms with E-state index in [0.717, 1.165) is 6.42 Å². The number of alkyl halides is 1. The molecule has 0 bridgehead atoms. The highest BCUT2D eigenvalue weighted by molar-refractivity contribution is 14.1. The van der Waals surface area contributed by atoms with Gasteiger partial charge in [0, 0.05) is 10.3 Å². The minimum Gasteiger partial charge on any atom is -0.287 e. The molecule has 0 aromatic heterocycles. The normalized spacial score (nSPS) is 13.4. The van der Waals surface area contributed by atoms with Gasteiger partial charge in [0.1, 0.15) is 0 Å². The Labute approximate surface area is 68.8 Å². The summed E-state index contributed by atoms with van der Waals surface area (Å²) in [4.78, 5) is 10.3. The lowest BCUT2D eigenvalue weighted by molar-refractivity contribution is -0.110. The second-order valence-corrected chi connectivity index (χ2v) is 3.86. The third-order valence-electron chi connectivity index (χ3n) is 0.839. The molecule has 1 unspecified atom stereocenters. The number of carbonyl (C=O) groups excluding carboxylic acids is 1. The average molecular weight is 244 g/mol. The molecule has 48 valence electrons. The zero-order valence-corrected chi connectivity index (χ0v) is 7.78. The van der Waals surface area contributed by atoms with Crippen molar-refractivity contribution in [3.63, 3.8) is 0 Å². The summed E-state index contributed by atoms with van der Waals surface area (Å²) in [6.45, 7) is 2.06. The molecule has 0 fully saturated rings. The van der Waals surface area contributed by atoms with Crippen molar-refractivity contribution >= 4 is 40.3 Å². The Balaban J connectivity index is 3.24. The summed E-state index contributed by atoms with van der Waals surface area (Å²) in [6.07, 6.45) is 1.65. The van der Waals surface area contributed by atoms with Crippen molar-refractivity contribution < 1.29 is 4.79 Å². The van der Waals surface area contributed by atoms with Crippen molar-refractivity contribution in [2.24, 2.45) is 0 Å². The lowest BCUT2D eigenvalue weighted by Crippen LogP contribution is -1.99. The Bertz CT molecular complexity index is 84.5. The Kier molecular flexibility index (Phi) is 5.04. The fraction of sp³-hybridized carbons (Fsp3) is 0.800. The Morgan fingerprint density at radius 2 is 2.38 bits per heavy atom. The summed E-state index contributed by atoms with van der Waals surface area (Å²) in [7, 11) is 0. The van der Waals surface area contributed by atoms with Crippen molar-refractivity contribution in [1.82, 2.24) is 0 Å². The van der Waals surface area contributed by atoms with Crippen molar-refractivity contribution in [2.75, 3.05) is 0 Å². The molecule has 1 nitrogen and oxygen atoms in total. The van der Waals surface area contributed by atoms with Gasteiger partial charge in [-0.05, 0) is 6.42 Å². The van der Waals surface area contributed by atoms with E-state index in [-0.39, 0.29) is 5.12 Å². The van der Waals surface area contributed by atoms with Gasteiger partial charge in [0.2, 0.25) is 0 Å². The third kappa shape index (κ3) is 4.90. The molecule has 0 saturated carbocycles. The van der Waals surface area contributed by atoms with E-state index >= 15 is 0 Å². The second kappa shape index (κ2) is 4.61. The van der Waals surface area contributed by atoms with Gasteiger partial charge in [-0.25, -0.2) is 0 Å². The molecule has 0 aliphatic rings. The summed E-state index contributed by atoms with van der Waals surface area (Å²) >= 11 is 5.90. The van der Waals surface area contributed by atoms with Gasteiger partial charge in [-0.2, -0.15) is 0 Å². The Morgan fingerprint density at radius 1 is 1.88 bits per heavy atom. The van der Waals surface area contributed by atoms with Crippen LogP contribution in [-0.2, 0) is 4.79 Å². The fourth-order valence-corrected chi connectivity index (χ4v) is 1.30. The summed E-state index contributed by atoms with van der Waals surface area (Å²) in [5.41, 5.74) is 0. The molecule has 0 aromatic carbocycles. The molecule has 0 radical (unpaired) electrons. The largest absolute Gasteiger partial charge is 0.287 e. The van der Waals surface area contributed by atoms with Gasteiger partial charge in [-0.1, -0.05) is 29.5 Å². The highest BCUT2D eigenvalue weighted by Gasteiger charge is 2.02. The molecular formula is C5H9IOS. The molecule has 0 aromatic rings. The van der Waals surface area contributed by atoms with E-state index in [1.54, 1.807) is 0 Å². The first-order chi connectivity index (χ1) is 3.66. The molecule has 8 heavy (non-hydrogen) atoms. The van der Waals surface area contributed by atoms with Crippen LogP contribution < -0.4 is 0 Å². The predicted molar refractivity (Wildman–Crippen MR) is 46.7 cm³/mol. The maximum Gasteiger partial charge on any atom is 0.186 e. The molecule has 3 heteroatoms. The van der Waals surface area contributed by atoms with Crippen molar-refractivity contribution in [3.05, 3.63) is 0 Å². The molecule has 0 aliphatic carbocycles. The first kappa shape index (κ1) is 8.75. The van der Waals surface area contributed by atoms with Crippen LogP contribution in [0.4, 0.5) is 0 Å². The Morgan fingerprint density at radius 3 is 2.50 bits per heavy atom. The number of halogens is 1. The van der Waals surface area contributed by atoms with Crippen LogP contribution in [0.5, 0.6) is 0 Å². The zero-order chi connectivity index (χ0) is 6.57. The third-order valence-corrected chi connectivity index (χ3v) is 2.34. The maximum absolute atomic E-state index is 10.3. The molecule has 0 saturated heterocycles. The van der Waals surface area contributed by atoms with Crippen molar-refractivity contribution in [1.29, 1.82) is 0 Å². The monoisotopic (exact) mass is 244 g/mol. The van der Waals surface area contributed by atoms with E-state index in [1.807, 2.05) is 0 Å². The lowest BCUT2D eigenvalue weighted by atomic mass is 10.3. The van der Waals surface area contributed by atoms with E-state index in [0.29, 0.717) is 10.3 Å². The first-order valence-corrected chi connectivity index (χ1v) is 4.22. The molecule has 0 spiro atoms. The van der Waals surface area contributed by atoms with Crippen LogP contribution in [0.15, 0.2) is 0 Å². The number of hydrogen-bond donors (Lipinski definition) is 1. The molecule has 1 atom stereocenters. The zero-order valence-electron chi connectivity index (χ0n) is 4.72. The first-order valence-electron chi connectivity index (χ1n) is 2.52. The van der Waals surface area contributed by atoms with Gasteiger partial charge in [-0.3, -0.25) is 4.79 Å². The Hall–Kier alpha value is 0.750. The van der Waals surface area contributed by atoms with Gasteiger partial charge in [-0.15, -0.1) is 12.6 Å². The molecule has 0 aliphatic heterocycles. The van der Waals surface area contributed by atoms with Crippen LogP contribution in [0.25, 0.3) is 0 Å².